The third kappa shape index (κ3) is 4.17. The molecular weight excluding hydrogens is 317 g/mol. The highest BCUT2D eigenvalue weighted by Gasteiger charge is 2.23. The van der Waals surface area contributed by atoms with E-state index in [4.69, 9.17) is 0 Å². The molecule has 0 radical (unpaired) electrons. The van der Waals surface area contributed by atoms with Gasteiger partial charge in [-0.05, 0) is 24.1 Å². The molecule has 5 heteroatoms. The first kappa shape index (κ1) is 19.3. The second kappa shape index (κ2) is 9.41. The Bertz CT molecular complexity index is 550. The highest BCUT2D eigenvalue weighted by molar-refractivity contribution is 5.85. The standard InChI is InChI=1S/C17H25N3.2ClH/c1-2-3-7-17(20-12-10-18-11-13-20)15-5-4-6-16-14(15)8-9-19-16;;/h4-6,8-9,17-19H,2-3,7,10-13H2,1H3;2*1H/t17-;;/m1../s1. The Morgan fingerprint density at radius 2 is 1.91 bits per heavy atom. The molecule has 0 bridgehead atoms. The number of aromatic amines is 1. The summed E-state index contributed by atoms with van der Waals surface area (Å²) in [4.78, 5) is 6.00. The number of nitrogens with zero attached hydrogens (tertiary/aromatic N) is 1. The van der Waals surface area contributed by atoms with E-state index in [0.717, 1.165) is 26.2 Å². The van der Waals surface area contributed by atoms with Gasteiger partial charge in [0.15, 0.2) is 0 Å². The van der Waals surface area contributed by atoms with Gasteiger partial charge in [-0.15, -0.1) is 24.8 Å². The molecule has 0 spiro atoms. The molecule has 2 N–H and O–H groups in total. The lowest BCUT2D eigenvalue weighted by Crippen LogP contribution is -2.45. The van der Waals surface area contributed by atoms with Crippen molar-refractivity contribution in [1.29, 1.82) is 0 Å². The van der Waals surface area contributed by atoms with E-state index in [-0.39, 0.29) is 24.8 Å². The van der Waals surface area contributed by atoms with Crippen LogP contribution in [0.3, 0.4) is 0 Å². The third-order valence-electron chi connectivity index (χ3n) is 4.41. The van der Waals surface area contributed by atoms with E-state index < -0.39 is 0 Å². The molecule has 3 rings (SSSR count). The third-order valence-corrected chi connectivity index (χ3v) is 4.41. The molecule has 1 atom stereocenters. The summed E-state index contributed by atoms with van der Waals surface area (Å²) in [6, 6.07) is 9.48. The highest BCUT2D eigenvalue weighted by atomic mass is 35.5. The SMILES string of the molecule is CCCC[C@H](c1cccc2[nH]ccc12)N1CCNCC1.Cl.Cl. The zero-order valence-electron chi connectivity index (χ0n) is 13.2. The van der Waals surface area contributed by atoms with Gasteiger partial charge < -0.3 is 10.3 Å². The Balaban J connectivity index is 0.00000121. The van der Waals surface area contributed by atoms with Crippen LogP contribution >= 0.6 is 24.8 Å². The van der Waals surface area contributed by atoms with Crippen molar-refractivity contribution < 1.29 is 0 Å². The second-order valence-electron chi connectivity index (χ2n) is 5.73. The molecule has 2 heterocycles. The number of rotatable bonds is 5. The molecule has 1 fully saturated rings. The van der Waals surface area contributed by atoms with Crippen LogP contribution < -0.4 is 5.32 Å². The van der Waals surface area contributed by atoms with E-state index in [1.54, 1.807) is 0 Å². The number of piperazine rings is 1. The van der Waals surface area contributed by atoms with Crippen molar-refractivity contribution >= 4 is 35.7 Å². The maximum absolute atomic E-state index is 3.46. The number of aromatic nitrogens is 1. The minimum absolute atomic E-state index is 0. The quantitative estimate of drug-likeness (QED) is 0.854. The lowest BCUT2D eigenvalue weighted by Gasteiger charge is -2.35. The van der Waals surface area contributed by atoms with Crippen molar-refractivity contribution in [3.63, 3.8) is 0 Å². The van der Waals surface area contributed by atoms with E-state index in [0.29, 0.717) is 6.04 Å². The molecule has 1 aromatic carbocycles. The fourth-order valence-corrected chi connectivity index (χ4v) is 3.33. The van der Waals surface area contributed by atoms with Crippen molar-refractivity contribution in [1.82, 2.24) is 15.2 Å². The van der Waals surface area contributed by atoms with E-state index in [2.05, 4.69) is 52.6 Å². The molecule has 1 saturated heterocycles. The fourth-order valence-electron chi connectivity index (χ4n) is 3.33. The first-order valence-electron chi connectivity index (χ1n) is 7.91. The average molecular weight is 344 g/mol. The topological polar surface area (TPSA) is 31.1 Å². The summed E-state index contributed by atoms with van der Waals surface area (Å²) in [7, 11) is 0. The Morgan fingerprint density at radius 1 is 1.14 bits per heavy atom. The molecule has 124 valence electrons. The van der Waals surface area contributed by atoms with Gasteiger partial charge >= 0.3 is 0 Å². The van der Waals surface area contributed by atoms with Gasteiger partial charge in [0.25, 0.3) is 0 Å². The van der Waals surface area contributed by atoms with Gasteiger partial charge in [0.1, 0.15) is 0 Å². The molecule has 3 nitrogen and oxygen atoms in total. The first-order valence-corrected chi connectivity index (χ1v) is 7.91. The van der Waals surface area contributed by atoms with Crippen LogP contribution in [0.15, 0.2) is 30.5 Å². The predicted octanol–water partition coefficient (Wildman–Crippen LogP) is 4.15. The Hall–Kier alpha value is -0.740. The Morgan fingerprint density at radius 3 is 2.64 bits per heavy atom. The number of H-pyrrole nitrogens is 1. The first-order chi connectivity index (χ1) is 9.90. The van der Waals surface area contributed by atoms with Gasteiger partial charge in [-0.3, -0.25) is 4.90 Å². The lowest BCUT2D eigenvalue weighted by molar-refractivity contribution is 0.164. The van der Waals surface area contributed by atoms with Crippen LogP contribution in [0.1, 0.15) is 37.8 Å². The van der Waals surface area contributed by atoms with Crippen molar-refractivity contribution in [3.05, 3.63) is 36.0 Å². The van der Waals surface area contributed by atoms with Crippen molar-refractivity contribution in [2.75, 3.05) is 26.2 Å². The maximum atomic E-state index is 3.46. The van der Waals surface area contributed by atoms with Gasteiger partial charge in [-0.2, -0.15) is 0 Å². The van der Waals surface area contributed by atoms with Gasteiger partial charge in [-0.25, -0.2) is 0 Å². The number of hydrogen-bond acceptors (Lipinski definition) is 2. The molecule has 0 amide bonds. The number of unbranched alkanes of at least 4 members (excludes halogenated alkanes) is 1. The van der Waals surface area contributed by atoms with Crippen LogP contribution in [0, 0.1) is 0 Å². The number of nitrogens with one attached hydrogen (secondary N) is 2. The minimum Gasteiger partial charge on any atom is -0.361 e. The summed E-state index contributed by atoms with van der Waals surface area (Å²) >= 11 is 0. The number of benzene rings is 1. The predicted molar refractivity (Wildman–Crippen MR) is 99.5 cm³/mol. The largest absolute Gasteiger partial charge is 0.361 e. The normalized spacial score (nSPS) is 16.8. The molecule has 0 aliphatic carbocycles. The van der Waals surface area contributed by atoms with Crippen LogP contribution in [-0.2, 0) is 0 Å². The van der Waals surface area contributed by atoms with Crippen LogP contribution in [0.5, 0.6) is 0 Å². The molecule has 1 aliphatic rings. The van der Waals surface area contributed by atoms with Crippen LogP contribution in [-0.4, -0.2) is 36.1 Å². The van der Waals surface area contributed by atoms with Crippen LogP contribution in [0.25, 0.3) is 10.9 Å². The average Bonchev–Trinajstić information content (AvgIpc) is 2.98. The Kier molecular flexibility index (Phi) is 8.26. The molecule has 22 heavy (non-hydrogen) atoms. The van der Waals surface area contributed by atoms with Gasteiger partial charge in [-0.1, -0.05) is 31.9 Å². The summed E-state index contributed by atoms with van der Waals surface area (Å²) in [6.45, 7) is 6.84. The van der Waals surface area contributed by atoms with Gasteiger partial charge in [0.2, 0.25) is 0 Å². The lowest BCUT2D eigenvalue weighted by atomic mass is 9.96. The van der Waals surface area contributed by atoms with Crippen LogP contribution in [0.2, 0.25) is 0 Å². The number of hydrogen-bond donors (Lipinski definition) is 2. The van der Waals surface area contributed by atoms with Crippen molar-refractivity contribution in [2.45, 2.75) is 32.2 Å². The molecule has 1 aliphatic heterocycles. The highest BCUT2D eigenvalue weighted by Crippen LogP contribution is 2.31. The zero-order valence-corrected chi connectivity index (χ0v) is 14.8. The zero-order chi connectivity index (χ0) is 13.8. The van der Waals surface area contributed by atoms with Gasteiger partial charge in [0.05, 0.1) is 0 Å². The molecule has 0 saturated carbocycles. The summed E-state index contributed by atoms with van der Waals surface area (Å²) < 4.78 is 0. The Labute approximate surface area is 145 Å². The van der Waals surface area contributed by atoms with Gasteiger partial charge in [0, 0.05) is 49.3 Å². The number of halogens is 2. The molecular formula is C17H27Cl2N3. The molecule has 1 aromatic heterocycles. The maximum Gasteiger partial charge on any atom is 0.0457 e. The van der Waals surface area contributed by atoms with E-state index in [9.17, 15) is 0 Å². The van der Waals surface area contributed by atoms with E-state index in [1.807, 2.05) is 0 Å². The van der Waals surface area contributed by atoms with Crippen LogP contribution in [0.4, 0.5) is 0 Å². The fraction of sp³-hybridized carbons (Fsp3) is 0.529. The monoisotopic (exact) mass is 343 g/mol. The summed E-state index contributed by atoms with van der Waals surface area (Å²) in [5.41, 5.74) is 2.76. The smallest absolute Gasteiger partial charge is 0.0457 e. The summed E-state index contributed by atoms with van der Waals surface area (Å²) in [5.74, 6) is 0. The molecule has 0 unspecified atom stereocenters. The van der Waals surface area contributed by atoms with E-state index >= 15 is 0 Å². The molecule has 2 aromatic rings. The second-order valence-corrected chi connectivity index (χ2v) is 5.73. The number of fused-ring (bicyclic) bond motifs is 1. The van der Waals surface area contributed by atoms with Crippen molar-refractivity contribution in [3.8, 4) is 0 Å². The summed E-state index contributed by atoms with van der Waals surface area (Å²) in [6.07, 6.45) is 5.89. The van der Waals surface area contributed by atoms with E-state index in [1.165, 1.54) is 35.7 Å². The summed E-state index contributed by atoms with van der Waals surface area (Å²) in [5, 5.41) is 4.86. The minimum atomic E-state index is 0. The van der Waals surface area contributed by atoms with Crippen molar-refractivity contribution in [2.24, 2.45) is 0 Å².